The van der Waals surface area contributed by atoms with E-state index in [1.54, 1.807) is 24.3 Å². The van der Waals surface area contributed by atoms with Crippen molar-refractivity contribution in [3.8, 4) is 0 Å². The van der Waals surface area contributed by atoms with E-state index < -0.39 is 0 Å². The summed E-state index contributed by atoms with van der Waals surface area (Å²) >= 11 is 5.82. The molecule has 0 heterocycles. The van der Waals surface area contributed by atoms with Gasteiger partial charge >= 0.3 is 0 Å². The highest BCUT2D eigenvalue weighted by Crippen LogP contribution is 2.17. The molecule has 2 rings (SSSR count). The van der Waals surface area contributed by atoms with Gasteiger partial charge < -0.3 is 15.5 Å². The van der Waals surface area contributed by atoms with Crippen LogP contribution in [0.5, 0.6) is 0 Å². The molecule has 0 radical (unpaired) electrons. The van der Waals surface area contributed by atoms with Crippen LogP contribution < -0.4 is 15.5 Å². The SMILES string of the molecule is C[C@@H](C(=O)NC1CCCC1)[NH+](C)CC(=O)Nc1ccc(Cl)cc1. The van der Waals surface area contributed by atoms with Gasteiger partial charge in [-0.05, 0) is 44.0 Å². The van der Waals surface area contributed by atoms with Crippen LogP contribution in [0, 0.1) is 0 Å². The van der Waals surface area contributed by atoms with Crippen LogP contribution in [-0.4, -0.2) is 37.5 Å². The molecule has 1 saturated carbocycles. The fourth-order valence-corrected chi connectivity index (χ4v) is 2.89. The number of nitrogens with one attached hydrogen (secondary N) is 3. The second-order valence-corrected chi connectivity index (χ2v) is 6.73. The van der Waals surface area contributed by atoms with Crippen molar-refractivity contribution in [2.75, 3.05) is 18.9 Å². The number of halogens is 1. The number of rotatable bonds is 6. The minimum atomic E-state index is -0.258. The fraction of sp³-hybridized carbons (Fsp3) is 0.529. The third kappa shape index (κ3) is 5.52. The maximum absolute atomic E-state index is 12.2. The lowest BCUT2D eigenvalue weighted by Gasteiger charge is -2.22. The van der Waals surface area contributed by atoms with E-state index in [2.05, 4.69) is 10.6 Å². The zero-order chi connectivity index (χ0) is 16.8. The molecule has 1 aromatic rings. The van der Waals surface area contributed by atoms with Gasteiger partial charge in [0.05, 0.1) is 7.05 Å². The first-order valence-electron chi connectivity index (χ1n) is 8.14. The van der Waals surface area contributed by atoms with E-state index in [0.29, 0.717) is 16.8 Å². The number of amides is 2. The molecular formula is C17H25ClN3O2+. The number of carbonyl (C=O) groups is 2. The van der Waals surface area contributed by atoms with Crippen LogP contribution in [0.2, 0.25) is 5.02 Å². The van der Waals surface area contributed by atoms with Crippen molar-refractivity contribution < 1.29 is 14.5 Å². The maximum Gasteiger partial charge on any atom is 0.279 e. The van der Waals surface area contributed by atoms with E-state index in [-0.39, 0.29) is 24.4 Å². The second kappa shape index (κ2) is 8.31. The Hall–Kier alpha value is -1.59. The number of hydrogen-bond donors (Lipinski definition) is 3. The Balaban J connectivity index is 1.79. The smallest absolute Gasteiger partial charge is 0.279 e. The van der Waals surface area contributed by atoms with E-state index >= 15 is 0 Å². The maximum atomic E-state index is 12.2. The number of carbonyl (C=O) groups excluding carboxylic acids is 2. The second-order valence-electron chi connectivity index (χ2n) is 6.29. The van der Waals surface area contributed by atoms with Gasteiger partial charge in [-0.1, -0.05) is 24.4 Å². The Morgan fingerprint density at radius 2 is 1.87 bits per heavy atom. The normalized spacial score (nSPS) is 17.5. The summed E-state index contributed by atoms with van der Waals surface area (Å²) in [7, 11) is 1.86. The van der Waals surface area contributed by atoms with Gasteiger partial charge in [0, 0.05) is 16.8 Å². The van der Waals surface area contributed by atoms with Crippen molar-refractivity contribution in [2.24, 2.45) is 0 Å². The summed E-state index contributed by atoms with van der Waals surface area (Å²) in [6.07, 6.45) is 4.50. The lowest BCUT2D eigenvalue weighted by atomic mass is 10.2. The van der Waals surface area contributed by atoms with Crippen molar-refractivity contribution in [2.45, 2.75) is 44.7 Å². The molecule has 0 saturated heterocycles. The molecule has 3 N–H and O–H groups in total. The average molecular weight is 339 g/mol. The molecule has 0 bridgehead atoms. The highest BCUT2D eigenvalue weighted by Gasteiger charge is 2.26. The third-order valence-electron chi connectivity index (χ3n) is 4.40. The first kappa shape index (κ1) is 17.8. The van der Waals surface area contributed by atoms with Gasteiger partial charge in [0.25, 0.3) is 11.8 Å². The number of hydrogen-bond acceptors (Lipinski definition) is 2. The highest BCUT2D eigenvalue weighted by molar-refractivity contribution is 6.30. The molecule has 2 amide bonds. The monoisotopic (exact) mass is 338 g/mol. The molecule has 0 aromatic heterocycles. The van der Waals surface area contributed by atoms with E-state index in [9.17, 15) is 9.59 Å². The Morgan fingerprint density at radius 3 is 2.48 bits per heavy atom. The van der Waals surface area contributed by atoms with Gasteiger partial charge in [0.15, 0.2) is 12.6 Å². The predicted molar refractivity (Wildman–Crippen MR) is 91.7 cm³/mol. The van der Waals surface area contributed by atoms with Gasteiger partial charge in [-0.3, -0.25) is 9.59 Å². The summed E-state index contributed by atoms with van der Waals surface area (Å²) in [5.41, 5.74) is 0.704. The van der Waals surface area contributed by atoms with E-state index in [1.165, 1.54) is 12.8 Å². The fourth-order valence-electron chi connectivity index (χ4n) is 2.76. The predicted octanol–water partition coefficient (Wildman–Crippen LogP) is 1.24. The molecule has 1 unspecified atom stereocenters. The Morgan fingerprint density at radius 1 is 1.26 bits per heavy atom. The topological polar surface area (TPSA) is 62.6 Å². The van der Waals surface area contributed by atoms with Crippen LogP contribution in [0.4, 0.5) is 5.69 Å². The van der Waals surface area contributed by atoms with Gasteiger partial charge in [-0.25, -0.2) is 0 Å². The van der Waals surface area contributed by atoms with Gasteiger partial charge in [0.2, 0.25) is 0 Å². The number of likely N-dealkylation sites (N-methyl/N-ethyl adjacent to an activating group) is 1. The van der Waals surface area contributed by atoms with Gasteiger partial charge in [0.1, 0.15) is 0 Å². The molecule has 23 heavy (non-hydrogen) atoms. The summed E-state index contributed by atoms with van der Waals surface area (Å²) < 4.78 is 0. The van der Waals surface area contributed by atoms with Crippen molar-refractivity contribution >= 4 is 29.1 Å². The zero-order valence-corrected chi connectivity index (χ0v) is 14.5. The van der Waals surface area contributed by atoms with Crippen LogP contribution in [0.15, 0.2) is 24.3 Å². The average Bonchev–Trinajstić information content (AvgIpc) is 3.01. The Kier molecular flexibility index (Phi) is 6.42. The molecule has 0 spiro atoms. The lowest BCUT2D eigenvalue weighted by molar-refractivity contribution is -0.885. The quantitative estimate of drug-likeness (QED) is 0.731. The highest BCUT2D eigenvalue weighted by atomic mass is 35.5. The molecule has 1 fully saturated rings. The molecule has 6 heteroatoms. The number of quaternary nitrogens is 1. The van der Waals surface area contributed by atoms with Crippen LogP contribution >= 0.6 is 11.6 Å². The minimum Gasteiger partial charge on any atom is -0.348 e. The first-order chi connectivity index (χ1) is 11.0. The largest absolute Gasteiger partial charge is 0.348 e. The van der Waals surface area contributed by atoms with Crippen LogP contribution in [0.25, 0.3) is 0 Å². The molecule has 2 atom stereocenters. The van der Waals surface area contributed by atoms with Crippen LogP contribution in [-0.2, 0) is 9.59 Å². The van der Waals surface area contributed by atoms with Crippen LogP contribution in [0.3, 0.4) is 0 Å². The van der Waals surface area contributed by atoms with E-state index in [0.717, 1.165) is 17.7 Å². The molecule has 5 nitrogen and oxygen atoms in total. The van der Waals surface area contributed by atoms with Crippen molar-refractivity contribution in [3.05, 3.63) is 29.3 Å². The van der Waals surface area contributed by atoms with E-state index in [1.807, 2.05) is 14.0 Å². The summed E-state index contributed by atoms with van der Waals surface area (Å²) in [6.45, 7) is 2.09. The minimum absolute atomic E-state index is 0.0219. The van der Waals surface area contributed by atoms with Gasteiger partial charge in [-0.2, -0.15) is 0 Å². The summed E-state index contributed by atoms with van der Waals surface area (Å²) in [5, 5.41) is 6.53. The molecule has 1 aromatic carbocycles. The first-order valence-corrected chi connectivity index (χ1v) is 8.51. The molecule has 126 valence electrons. The summed E-state index contributed by atoms with van der Waals surface area (Å²) in [6, 6.07) is 7.02. The Labute approximate surface area is 142 Å². The van der Waals surface area contributed by atoms with Crippen LogP contribution in [0.1, 0.15) is 32.6 Å². The molecule has 0 aliphatic heterocycles. The van der Waals surface area contributed by atoms with Crippen molar-refractivity contribution in [3.63, 3.8) is 0 Å². The van der Waals surface area contributed by atoms with E-state index in [4.69, 9.17) is 11.6 Å². The Bertz CT molecular complexity index is 541. The summed E-state index contributed by atoms with van der Waals surface area (Å²) in [4.78, 5) is 25.2. The van der Waals surface area contributed by atoms with Crippen molar-refractivity contribution in [1.82, 2.24) is 5.32 Å². The zero-order valence-electron chi connectivity index (χ0n) is 13.7. The molecular weight excluding hydrogens is 314 g/mol. The van der Waals surface area contributed by atoms with Crippen molar-refractivity contribution in [1.29, 1.82) is 0 Å². The molecule has 1 aliphatic rings. The number of anilines is 1. The number of benzene rings is 1. The van der Waals surface area contributed by atoms with Gasteiger partial charge in [-0.15, -0.1) is 0 Å². The standard InChI is InChI=1S/C17H24ClN3O2/c1-12(17(23)20-14-5-3-4-6-14)21(2)11-16(22)19-15-9-7-13(18)8-10-15/h7-10,12,14H,3-6,11H2,1-2H3,(H,19,22)(H,20,23)/p+1/t12-/m0/s1. The lowest BCUT2D eigenvalue weighted by Crippen LogP contribution is -3.15. The molecule has 1 aliphatic carbocycles. The summed E-state index contributed by atoms with van der Waals surface area (Å²) in [5.74, 6) is -0.0981. The third-order valence-corrected chi connectivity index (χ3v) is 4.65.